The number of benzene rings is 2. The Hall–Kier alpha value is -7.32. The van der Waals surface area contributed by atoms with Crippen LogP contribution in [0.1, 0.15) is 12.8 Å². The van der Waals surface area contributed by atoms with E-state index in [9.17, 15) is 17.6 Å². The number of rotatable bonds is 8. The number of aryl methyl sites for hydroxylation is 4. The van der Waals surface area contributed by atoms with Crippen LogP contribution in [0.15, 0.2) is 110 Å². The van der Waals surface area contributed by atoms with Gasteiger partial charge in [0.25, 0.3) is 11.8 Å². The molecule has 8 aromatic rings. The van der Waals surface area contributed by atoms with E-state index in [4.69, 9.17) is 21.4 Å². The van der Waals surface area contributed by atoms with E-state index in [1.807, 2.05) is 87.4 Å². The highest BCUT2D eigenvalue weighted by atomic mass is 19.3. The predicted molar refractivity (Wildman–Crippen MR) is 243 cm³/mol. The number of nitrogens with zero attached hydrogens (tertiary/aromatic N) is 14. The average molecular weight is 901 g/mol. The van der Waals surface area contributed by atoms with Gasteiger partial charge in [-0.2, -0.15) is 20.4 Å². The smallest absolute Gasteiger partial charge is 0.266 e. The fourth-order valence-corrected chi connectivity index (χ4v) is 8.45. The third kappa shape index (κ3) is 9.69. The molecule has 6 aromatic heterocycles. The summed E-state index contributed by atoms with van der Waals surface area (Å²) < 4.78 is 64.4. The molecule has 0 unspecified atom stereocenters. The van der Waals surface area contributed by atoms with Crippen molar-refractivity contribution in [1.29, 1.82) is 0 Å². The Morgan fingerprint density at radius 2 is 0.833 bits per heavy atom. The minimum atomic E-state index is -2.89. The van der Waals surface area contributed by atoms with Gasteiger partial charge >= 0.3 is 0 Å². The molecule has 340 valence electrons. The highest BCUT2D eigenvalue weighted by Crippen LogP contribution is 2.38. The lowest BCUT2D eigenvalue weighted by atomic mass is 10.0. The summed E-state index contributed by atoms with van der Waals surface area (Å²) in [6.45, 7) is -0.315. The number of aromatic nitrogens is 12. The van der Waals surface area contributed by atoms with Crippen molar-refractivity contribution in [3.8, 4) is 67.3 Å². The quantitative estimate of drug-likeness (QED) is 0.164. The molecule has 0 spiro atoms. The highest BCUT2D eigenvalue weighted by Gasteiger charge is 2.41. The largest absolute Gasteiger partial charge is 0.348 e. The van der Waals surface area contributed by atoms with Crippen LogP contribution in [0.3, 0.4) is 0 Å². The van der Waals surface area contributed by atoms with Gasteiger partial charge in [0.15, 0.2) is 11.6 Å². The van der Waals surface area contributed by atoms with Crippen molar-refractivity contribution in [3.63, 3.8) is 0 Å². The van der Waals surface area contributed by atoms with Crippen LogP contribution in [-0.2, 0) is 28.2 Å². The van der Waals surface area contributed by atoms with Gasteiger partial charge in [-0.25, -0.2) is 37.5 Å². The van der Waals surface area contributed by atoms with Gasteiger partial charge in [0.05, 0.1) is 37.9 Å². The number of hydrogen-bond donors (Lipinski definition) is 2. The van der Waals surface area contributed by atoms with E-state index in [1.165, 1.54) is 0 Å². The molecule has 66 heavy (non-hydrogen) atoms. The van der Waals surface area contributed by atoms with Gasteiger partial charge in [-0.05, 0) is 23.3 Å². The molecule has 0 aliphatic carbocycles. The molecule has 20 heteroatoms. The van der Waals surface area contributed by atoms with Crippen molar-refractivity contribution in [2.75, 3.05) is 36.0 Å². The van der Waals surface area contributed by atoms with E-state index in [-0.39, 0.29) is 25.9 Å². The Morgan fingerprint density at radius 3 is 1.17 bits per heavy atom. The van der Waals surface area contributed by atoms with E-state index in [1.54, 1.807) is 79.8 Å². The van der Waals surface area contributed by atoms with Crippen molar-refractivity contribution in [2.24, 2.45) is 39.7 Å². The van der Waals surface area contributed by atoms with Crippen molar-refractivity contribution in [3.05, 3.63) is 110 Å². The molecule has 2 atom stereocenters. The molecular formula is C46H48F4N16. The van der Waals surface area contributed by atoms with Crippen LogP contribution in [0.5, 0.6) is 0 Å². The SMILES string of the molecule is Cn1cc(-c2cccc(-c3ncc(-c4cnn(C)c4)c(N4C[C@@H](N)CC(F)(F)C4)n3)c2)cn1.Cn1cc(-c2cccc(-c3ncc(-c4cnn(C)c4)c(N4C[C@H](N)CC(F)(F)C4)n3)c2)cn1. The van der Waals surface area contributed by atoms with Gasteiger partial charge in [0.1, 0.15) is 11.6 Å². The molecule has 2 fully saturated rings. The first-order valence-corrected chi connectivity index (χ1v) is 21.2. The Kier molecular flexibility index (Phi) is 11.7. The summed E-state index contributed by atoms with van der Waals surface area (Å²) in [5.41, 5.74) is 20.2. The fourth-order valence-electron chi connectivity index (χ4n) is 8.45. The number of halogens is 4. The Balaban J connectivity index is 0.000000166. The average Bonchev–Trinajstić information content (AvgIpc) is 4.11. The Morgan fingerprint density at radius 1 is 0.485 bits per heavy atom. The van der Waals surface area contributed by atoms with Gasteiger partial charge in [0.2, 0.25) is 0 Å². The molecule has 10 rings (SSSR count). The third-order valence-electron chi connectivity index (χ3n) is 11.4. The van der Waals surface area contributed by atoms with Crippen molar-refractivity contribution in [2.45, 2.75) is 36.8 Å². The zero-order valence-electron chi connectivity index (χ0n) is 36.7. The molecule has 16 nitrogen and oxygen atoms in total. The maximum absolute atomic E-state index is 14.4. The molecule has 2 aliphatic heterocycles. The monoisotopic (exact) mass is 900 g/mol. The molecule has 0 saturated carbocycles. The summed E-state index contributed by atoms with van der Waals surface area (Å²) in [6.07, 6.45) is 17.1. The third-order valence-corrected chi connectivity index (χ3v) is 11.4. The van der Waals surface area contributed by atoms with Gasteiger partial charge in [-0.1, -0.05) is 36.4 Å². The number of piperidine rings is 2. The van der Waals surface area contributed by atoms with E-state index < -0.39 is 37.0 Å². The van der Waals surface area contributed by atoms with E-state index in [0.717, 1.165) is 44.5 Å². The van der Waals surface area contributed by atoms with Crippen molar-refractivity contribution < 1.29 is 17.6 Å². The van der Waals surface area contributed by atoms with Crippen LogP contribution < -0.4 is 21.3 Å². The number of anilines is 2. The highest BCUT2D eigenvalue weighted by molar-refractivity contribution is 5.79. The molecule has 2 saturated heterocycles. The second-order valence-electron chi connectivity index (χ2n) is 17.0. The van der Waals surface area contributed by atoms with E-state index >= 15 is 0 Å². The molecule has 4 N–H and O–H groups in total. The number of hydrogen-bond acceptors (Lipinski definition) is 12. The molecule has 2 aromatic carbocycles. The Labute approximate surface area is 377 Å². The van der Waals surface area contributed by atoms with Crippen LogP contribution in [0.4, 0.5) is 29.2 Å². The molecule has 0 amide bonds. The summed E-state index contributed by atoms with van der Waals surface area (Å²) in [4.78, 5) is 21.8. The number of nitrogens with two attached hydrogens (primary N) is 2. The minimum Gasteiger partial charge on any atom is -0.348 e. The lowest BCUT2D eigenvalue weighted by molar-refractivity contribution is -0.0181. The fraction of sp³-hybridized carbons (Fsp3) is 0.304. The van der Waals surface area contributed by atoms with Crippen LogP contribution in [0.2, 0.25) is 0 Å². The molecular weight excluding hydrogens is 853 g/mol. The summed E-state index contributed by atoms with van der Waals surface area (Å²) in [7, 11) is 7.32. The topological polar surface area (TPSA) is 181 Å². The van der Waals surface area contributed by atoms with Crippen molar-refractivity contribution in [1.82, 2.24) is 59.1 Å². The maximum atomic E-state index is 14.4. The second kappa shape index (κ2) is 17.6. The maximum Gasteiger partial charge on any atom is 0.266 e. The standard InChI is InChI=1S/2C23H24F2N8/c2*1-31-11-17(8-28-31)15-4-3-5-16(6-15)21-27-10-20(18-9-29-32(2)12-18)22(30-21)33-13-19(26)7-23(24,25)14-33/h2*3-6,8-12,19H,7,13-14,26H2,1-2H3/t2*19-/m10/s1. The molecule has 0 radical (unpaired) electrons. The number of alkyl halides is 4. The zero-order chi connectivity index (χ0) is 46.3. The summed E-state index contributed by atoms with van der Waals surface area (Å²) in [5, 5.41) is 16.9. The van der Waals surface area contributed by atoms with E-state index in [0.29, 0.717) is 34.4 Å². The van der Waals surface area contributed by atoms with Crippen LogP contribution >= 0.6 is 0 Å². The molecule has 2 aliphatic rings. The van der Waals surface area contributed by atoms with Crippen LogP contribution in [-0.4, -0.2) is 109 Å². The Bertz CT molecular complexity index is 2790. The van der Waals surface area contributed by atoms with Gasteiger partial charge in [-0.3, -0.25) is 18.7 Å². The van der Waals surface area contributed by atoms with Crippen LogP contribution in [0.25, 0.3) is 67.3 Å². The van der Waals surface area contributed by atoms with E-state index in [2.05, 4.69) is 30.4 Å². The molecule has 0 bridgehead atoms. The molecule has 8 heterocycles. The van der Waals surface area contributed by atoms with Crippen LogP contribution in [0, 0.1) is 0 Å². The first-order valence-electron chi connectivity index (χ1n) is 21.2. The van der Waals surface area contributed by atoms with Gasteiger partial charge in [0, 0.05) is 148 Å². The first kappa shape index (κ1) is 43.9. The summed E-state index contributed by atoms with van der Waals surface area (Å²) >= 11 is 0. The predicted octanol–water partition coefficient (Wildman–Crippen LogP) is 6.23. The summed E-state index contributed by atoms with van der Waals surface area (Å²) in [6, 6.07) is 14.2. The lowest BCUT2D eigenvalue weighted by Gasteiger charge is -2.37. The second-order valence-corrected chi connectivity index (χ2v) is 17.0. The van der Waals surface area contributed by atoms with Gasteiger partial charge < -0.3 is 21.3 Å². The minimum absolute atomic E-state index is 0.287. The lowest BCUT2D eigenvalue weighted by Crippen LogP contribution is -2.53. The normalized spacial score (nSPS) is 18.0. The van der Waals surface area contributed by atoms with Crippen molar-refractivity contribution >= 4 is 11.6 Å². The van der Waals surface area contributed by atoms with Gasteiger partial charge in [-0.15, -0.1) is 0 Å². The summed E-state index contributed by atoms with van der Waals surface area (Å²) in [5.74, 6) is -4.04. The zero-order valence-corrected chi connectivity index (χ0v) is 36.7. The first-order chi connectivity index (χ1) is 31.5.